The van der Waals surface area contributed by atoms with Crippen LogP contribution in [-0.2, 0) is 13.2 Å². The molecular formula is C11H12IN3O. The SMILES string of the molecule is CCn1ncnc1COc1cccc(I)c1. The highest BCUT2D eigenvalue weighted by molar-refractivity contribution is 14.1. The quantitative estimate of drug-likeness (QED) is 0.809. The molecule has 0 atom stereocenters. The molecule has 4 nitrogen and oxygen atoms in total. The first kappa shape index (κ1) is 11.4. The van der Waals surface area contributed by atoms with Gasteiger partial charge in [-0.1, -0.05) is 6.07 Å². The van der Waals surface area contributed by atoms with Crippen LogP contribution in [0.3, 0.4) is 0 Å². The molecule has 1 heterocycles. The Bertz CT molecular complexity index is 470. The van der Waals surface area contributed by atoms with Gasteiger partial charge in [-0.05, 0) is 47.7 Å². The molecule has 1 aromatic heterocycles. The van der Waals surface area contributed by atoms with Crippen molar-refractivity contribution in [1.29, 1.82) is 0 Å². The van der Waals surface area contributed by atoms with Crippen LogP contribution in [0, 0.1) is 3.57 Å². The molecule has 2 aromatic rings. The number of halogens is 1. The molecular weight excluding hydrogens is 317 g/mol. The molecule has 0 amide bonds. The summed E-state index contributed by atoms with van der Waals surface area (Å²) in [5, 5.41) is 4.09. The maximum Gasteiger partial charge on any atom is 0.164 e. The van der Waals surface area contributed by atoms with Gasteiger partial charge in [0.05, 0.1) is 0 Å². The number of benzene rings is 1. The lowest BCUT2D eigenvalue weighted by Gasteiger charge is -2.06. The van der Waals surface area contributed by atoms with E-state index < -0.39 is 0 Å². The van der Waals surface area contributed by atoms with Crippen LogP contribution in [0.2, 0.25) is 0 Å². The van der Waals surface area contributed by atoms with Crippen LogP contribution in [-0.4, -0.2) is 14.8 Å². The minimum atomic E-state index is 0.452. The molecule has 0 aliphatic carbocycles. The largest absolute Gasteiger partial charge is 0.486 e. The van der Waals surface area contributed by atoms with Crippen molar-refractivity contribution < 1.29 is 4.74 Å². The van der Waals surface area contributed by atoms with Crippen LogP contribution in [0.4, 0.5) is 0 Å². The van der Waals surface area contributed by atoms with Crippen molar-refractivity contribution in [2.75, 3.05) is 0 Å². The lowest BCUT2D eigenvalue weighted by Crippen LogP contribution is -2.07. The number of ether oxygens (including phenoxy) is 1. The molecule has 0 aliphatic heterocycles. The van der Waals surface area contributed by atoms with Crippen LogP contribution in [0.5, 0.6) is 5.75 Å². The predicted molar refractivity (Wildman–Crippen MR) is 69.2 cm³/mol. The summed E-state index contributed by atoms with van der Waals surface area (Å²) in [6.07, 6.45) is 1.55. The van der Waals surface area contributed by atoms with Gasteiger partial charge in [-0.25, -0.2) is 9.67 Å². The van der Waals surface area contributed by atoms with E-state index in [4.69, 9.17) is 4.74 Å². The number of nitrogens with zero attached hydrogens (tertiary/aromatic N) is 3. The van der Waals surface area contributed by atoms with Crippen LogP contribution < -0.4 is 4.74 Å². The molecule has 2 rings (SSSR count). The fourth-order valence-electron chi connectivity index (χ4n) is 1.37. The minimum absolute atomic E-state index is 0.452. The van der Waals surface area contributed by atoms with Gasteiger partial charge in [0.25, 0.3) is 0 Å². The molecule has 0 saturated heterocycles. The van der Waals surface area contributed by atoms with E-state index >= 15 is 0 Å². The van der Waals surface area contributed by atoms with Gasteiger partial charge in [0.2, 0.25) is 0 Å². The molecule has 0 bridgehead atoms. The molecule has 16 heavy (non-hydrogen) atoms. The van der Waals surface area contributed by atoms with Gasteiger partial charge in [0.15, 0.2) is 5.82 Å². The fourth-order valence-corrected chi connectivity index (χ4v) is 1.88. The van der Waals surface area contributed by atoms with Crippen molar-refractivity contribution in [1.82, 2.24) is 14.8 Å². The Kier molecular flexibility index (Phi) is 3.76. The summed E-state index contributed by atoms with van der Waals surface area (Å²) in [6.45, 7) is 3.29. The van der Waals surface area contributed by atoms with Crippen LogP contribution in [0.25, 0.3) is 0 Å². The van der Waals surface area contributed by atoms with Crippen molar-refractivity contribution in [2.45, 2.75) is 20.1 Å². The van der Waals surface area contributed by atoms with E-state index in [9.17, 15) is 0 Å². The molecule has 0 aliphatic rings. The van der Waals surface area contributed by atoms with E-state index in [2.05, 4.69) is 32.7 Å². The zero-order valence-corrected chi connectivity index (χ0v) is 11.1. The number of rotatable bonds is 4. The summed E-state index contributed by atoms with van der Waals surface area (Å²) >= 11 is 2.26. The van der Waals surface area contributed by atoms with Crippen LogP contribution in [0.15, 0.2) is 30.6 Å². The third kappa shape index (κ3) is 2.72. The highest BCUT2D eigenvalue weighted by Gasteiger charge is 2.03. The monoisotopic (exact) mass is 329 g/mol. The van der Waals surface area contributed by atoms with Gasteiger partial charge in [-0.2, -0.15) is 5.10 Å². The predicted octanol–water partition coefficient (Wildman–Crippen LogP) is 2.48. The molecule has 0 fully saturated rings. The van der Waals surface area contributed by atoms with E-state index in [0.29, 0.717) is 6.61 Å². The van der Waals surface area contributed by atoms with Gasteiger partial charge in [-0.15, -0.1) is 0 Å². The van der Waals surface area contributed by atoms with Crippen LogP contribution >= 0.6 is 22.6 Å². The average molecular weight is 329 g/mol. The lowest BCUT2D eigenvalue weighted by atomic mass is 10.3. The number of aromatic nitrogens is 3. The molecule has 0 unspecified atom stereocenters. The van der Waals surface area contributed by atoms with Gasteiger partial charge >= 0.3 is 0 Å². The Labute approximate surface area is 108 Å². The van der Waals surface area contributed by atoms with Gasteiger partial charge in [0.1, 0.15) is 18.7 Å². The lowest BCUT2D eigenvalue weighted by molar-refractivity contribution is 0.287. The van der Waals surface area contributed by atoms with E-state index in [1.807, 2.05) is 35.9 Å². The summed E-state index contributed by atoms with van der Waals surface area (Å²) in [4.78, 5) is 4.15. The van der Waals surface area contributed by atoms with E-state index in [0.717, 1.165) is 21.7 Å². The fraction of sp³-hybridized carbons (Fsp3) is 0.273. The topological polar surface area (TPSA) is 39.9 Å². The second kappa shape index (κ2) is 5.29. The Morgan fingerprint density at radius 2 is 2.31 bits per heavy atom. The molecule has 0 radical (unpaired) electrons. The van der Waals surface area contributed by atoms with Gasteiger partial charge < -0.3 is 4.74 Å². The number of hydrogen-bond acceptors (Lipinski definition) is 3. The third-order valence-corrected chi connectivity index (χ3v) is 2.83. The zero-order chi connectivity index (χ0) is 11.4. The molecule has 1 aromatic carbocycles. The van der Waals surface area contributed by atoms with Gasteiger partial charge in [0, 0.05) is 10.1 Å². The van der Waals surface area contributed by atoms with Crippen molar-refractivity contribution in [3.05, 3.63) is 40.0 Å². The second-order valence-corrected chi connectivity index (χ2v) is 4.48. The number of hydrogen-bond donors (Lipinski definition) is 0. The molecule has 84 valence electrons. The summed E-state index contributed by atoms with van der Waals surface area (Å²) in [6, 6.07) is 7.94. The van der Waals surface area contributed by atoms with Crippen molar-refractivity contribution >= 4 is 22.6 Å². The highest BCUT2D eigenvalue weighted by atomic mass is 127. The Morgan fingerprint density at radius 3 is 3.06 bits per heavy atom. The van der Waals surface area contributed by atoms with Crippen molar-refractivity contribution in [3.63, 3.8) is 0 Å². The Hall–Kier alpha value is -1.11. The Morgan fingerprint density at radius 1 is 1.44 bits per heavy atom. The molecule has 0 N–H and O–H groups in total. The third-order valence-electron chi connectivity index (χ3n) is 2.16. The first-order chi connectivity index (χ1) is 7.79. The normalized spacial score (nSPS) is 10.4. The molecule has 5 heteroatoms. The van der Waals surface area contributed by atoms with E-state index in [1.165, 1.54) is 0 Å². The maximum absolute atomic E-state index is 5.65. The van der Waals surface area contributed by atoms with Gasteiger partial charge in [-0.3, -0.25) is 0 Å². The zero-order valence-electron chi connectivity index (χ0n) is 8.93. The summed E-state index contributed by atoms with van der Waals surface area (Å²) < 4.78 is 8.63. The standard InChI is InChI=1S/C11H12IN3O/c1-2-15-11(13-8-14-15)7-16-10-5-3-4-9(12)6-10/h3-6,8H,2,7H2,1H3. The summed E-state index contributed by atoms with van der Waals surface area (Å²) in [5.41, 5.74) is 0. The smallest absolute Gasteiger partial charge is 0.164 e. The van der Waals surface area contributed by atoms with Crippen molar-refractivity contribution in [2.24, 2.45) is 0 Å². The molecule has 0 spiro atoms. The van der Waals surface area contributed by atoms with Crippen molar-refractivity contribution in [3.8, 4) is 5.75 Å². The summed E-state index contributed by atoms with van der Waals surface area (Å²) in [5.74, 6) is 1.71. The number of aryl methyl sites for hydroxylation is 1. The highest BCUT2D eigenvalue weighted by Crippen LogP contribution is 2.15. The Balaban J connectivity index is 2.02. The minimum Gasteiger partial charge on any atom is -0.486 e. The average Bonchev–Trinajstić information content (AvgIpc) is 2.74. The maximum atomic E-state index is 5.65. The second-order valence-electron chi connectivity index (χ2n) is 3.24. The first-order valence-corrected chi connectivity index (χ1v) is 6.12. The van der Waals surface area contributed by atoms with Crippen LogP contribution in [0.1, 0.15) is 12.7 Å². The molecule has 0 saturated carbocycles. The summed E-state index contributed by atoms with van der Waals surface area (Å²) in [7, 11) is 0. The van der Waals surface area contributed by atoms with E-state index in [1.54, 1.807) is 6.33 Å². The first-order valence-electron chi connectivity index (χ1n) is 5.04. The van der Waals surface area contributed by atoms with E-state index in [-0.39, 0.29) is 0 Å².